The van der Waals surface area contributed by atoms with Crippen LogP contribution in [-0.4, -0.2) is 4.98 Å². The van der Waals surface area contributed by atoms with Crippen molar-refractivity contribution < 1.29 is 17.6 Å². The highest BCUT2D eigenvalue weighted by atomic mass is 32.1. The van der Waals surface area contributed by atoms with Gasteiger partial charge in [-0.25, -0.2) is 4.39 Å². The lowest BCUT2D eigenvalue weighted by Gasteiger charge is -2.05. The molecular formula is C6H3F4NS. The second kappa shape index (κ2) is 2.85. The fourth-order valence-corrected chi connectivity index (χ4v) is 0.794. The van der Waals surface area contributed by atoms with Crippen LogP contribution < -0.4 is 0 Å². The molecule has 0 unspecified atom stereocenters. The van der Waals surface area contributed by atoms with Crippen LogP contribution >= 0.6 is 12.2 Å². The summed E-state index contributed by atoms with van der Waals surface area (Å²) in [5.74, 6) is -0.863. The van der Waals surface area contributed by atoms with Crippen LogP contribution in [0.1, 0.15) is 5.69 Å². The van der Waals surface area contributed by atoms with Gasteiger partial charge in [-0.05, 0) is 6.07 Å². The lowest BCUT2D eigenvalue weighted by molar-refractivity contribution is -0.141. The molecular weight excluding hydrogens is 194 g/mol. The highest BCUT2D eigenvalue weighted by Gasteiger charge is 2.31. The third kappa shape index (κ3) is 1.82. The van der Waals surface area contributed by atoms with Crippen molar-refractivity contribution in [2.45, 2.75) is 6.18 Å². The largest absolute Gasteiger partial charge is 0.431 e. The first-order valence-electron chi connectivity index (χ1n) is 2.86. The van der Waals surface area contributed by atoms with Gasteiger partial charge >= 0.3 is 6.18 Å². The molecule has 1 N–H and O–H groups in total. The quantitative estimate of drug-likeness (QED) is 0.499. The summed E-state index contributed by atoms with van der Waals surface area (Å²) in [4.78, 5) is 1.75. The highest BCUT2D eigenvalue weighted by molar-refractivity contribution is 7.71. The first kappa shape index (κ1) is 9.18. The Labute approximate surface area is 70.0 Å². The Morgan fingerprint density at radius 3 is 2.33 bits per heavy atom. The molecule has 1 rings (SSSR count). The lowest BCUT2D eigenvalue weighted by atomic mass is 10.3. The summed E-state index contributed by atoms with van der Waals surface area (Å²) in [6.07, 6.45) is -3.92. The average Bonchev–Trinajstić information content (AvgIpc) is 1.92. The van der Waals surface area contributed by atoms with Crippen LogP contribution in [0.15, 0.2) is 12.3 Å². The van der Waals surface area contributed by atoms with E-state index in [1.165, 1.54) is 0 Å². The Kier molecular flexibility index (Phi) is 2.18. The van der Waals surface area contributed by atoms with Crippen molar-refractivity contribution in [2.75, 3.05) is 0 Å². The summed E-state index contributed by atoms with van der Waals surface area (Å²) < 4.78 is 47.6. The molecule has 0 saturated heterocycles. The van der Waals surface area contributed by atoms with E-state index in [0.29, 0.717) is 12.3 Å². The molecule has 0 spiro atoms. The molecule has 1 aromatic heterocycles. The molecule has 6 heteroatoms. The number of alkyl halides is 3. The van der Waals surface area contributed by atoms with E-state index in [9.17, 15) is 17.6 Å². The predicted molar refractivity (Wildman–Crippen MR) is 36.6 cm³/mol. The molecule has 1 nitrogen and oxygen atoms in total. The maximum Gasteiger partial charge on any atom is 0.431 e. The summed E-state index contributed by atoms with van der Waals surface area (Å²) in [6.45, 7) is 0. The molecule has 0 saturated carbocycles. The van der Waals surface area contributed by atoms with E-state index in [-0.39, 0.29) is 0 Å². The maximum atomic E-state index is 12.4. The molecule has 0 bridgehead atoms. The van der Waals surface area contributed by atoms with E-state index in [1.54, 1.807) is 4.98 Å². The van der Waals surface area contributed by atoms with E-state index in [0.717, 1.165) is 0 Å². The summed E-state index contributed by atoms with van der Waals surface area (Å²) in [5.41, 5.74) is -1.05. The Morgan fingerprint density at radius 2 is 1.92 bits per heavy atom. The van der Waals surface area contributed by atoms with Crippen molar-refractivity contribution in [3.8, 4) is 0 Å². The molecule has 0 aliphatic carbocycles. The molecule has 0 aromatic carbocycles. The summed E-state index contributed by atoms with van der Waals surface area (Å²) in [6, 6.07) is 0.546. The van der Waals surface area contributed by atoms with Crippen molar-refractivity contribution >= 4 is 12.2 Å². The van der Waals surface area contributed by atoms with E-state index in [4.69, 9.17) is 0 Å². The molecule has 0 atom stereocenters. The van der Waals surface area contributed by atoms with Gasteiger partial charge < -0.3 is 4.98 Å². The van der Waals surface area contributed by atoms with Crippen molar-refractivity contribution in [1.29, 1.82) is 0 Å². The zero-order chi connectivity index (χ0) is 9.35. The van der Waals surface area contributed by atoms with E-state index >= 15 is 0 Å². The van der Waals surface area contributed by atoms with E-state index in [2.05, 4.69) is 12.2 Å². The van der Waals surface area contributed by atoms with Crippen molar-refractivity contribution in [2.24, 2.45) is 0 Å². The number of halogens is 4. The zero-order valence-electron chi connectivity index (χ0n) is 5.57. The van der Waals surface area contributed by atoms with Gasteiger partial charge in [-0.2, -0.15) is 13.2 Å². The fraction of sp³-hybridized carbons (Fsp3) is 0.167. The second-order valence-electron chi connectivity index (χ2n) is 2.06. The van der Waals surface area contributed by atoms with Gasteiger partial charge in [-0.15, -0.1) is 0 Å². The van der Waals surface area contributed by atoms with Gasteiger partial charge in [-0.3, -0.25) is 0 Å². The minimum Gasteiger partial charge on any atom is -0.355 e. The number of nitrogens with one attached hydrogen (secondary N) is 1. The summed E-state index contributed by atoms with van der Waals surface area (Å²) in [5, 5.41) is 0. The van der Waals surface area contributed by atoms with Gasteiger partial charge in [-0.1, -0.05) is 12.2 Å². The molecule has 1 heterocycles. The van der Waals surface area contributed by atoms with Gasteiger partial charge in [0, 0.05) is 6.20 Å². The van der Waals surface area contributed by atoms with Gasteiger partial charge in [0.1, 0.15) is 5.69 Å². The Morgan fingerprint density at radius 1 is 1.33 bits per heavy atom. The van der Waals surface area contributed by atoms with Gasteiger partial charge in [0.2, 0.25) is 0 Å². The lowest BCUT2D eigenvalue weighted by Crippen LogP contribution is -2.07. The number of aromatic nitrogens is 1. The van der Waals surface area contributed by atoms with Gasteiger partial charge in [0.05, 0.1) is 4.51 Å². The molecule has 12 heavy (non-hydrogen) atoms. The van der Waals surface area contributed by atoms with Crippen LogP contribution in [0.2, 0.25) is 0 Å². The third-order valence-electron chi connectivity index (χ3n) is 1.17. The molecule has 0 fully saturated rings. The fourth-order valence-electron chi connectivity index (χ4n) is 0.618. The van der Waals surface area contributed by atoms with Crippen LogP contribution in [0.4, 0.5) is 17.6 Å². The van der Waals surface area contributed by atoms with Crippen molar-refractivity contribution in [3.05, 3.63) is 28.3 Å². The predicted octanol–water partition coefficient (Wildman–Crippen LogP) is 2.90. The maximum absolute atomic E-state index is 12.4. The van der Waals surface area contributed by atoms with Crippen molar-refractivity contribution in [1.82, 2.24) is 4.98 Å². The normalized spacial score (nSPS) is 11.7. The molecule has 0 amide bonds. The Hall–Kier alpha value is -0.910. The third-order valence-corrected chi connectivity index (χ3v) is 1.48. The number of aromatic amines is 1. The minimum absolute atomic E-state index is 0.443. The van der Waals surface area contributed by atoms with Crippen molar-refractivity contribution in [3.63, 3.8) is 0 Å². The summed E-state index contributed by atoms with van der Waals surface area (Å²) in [7, 11) is 0. The number of pyridine rings is 1. The van der Waals surface area contributed by atoms with Crippen LogP contribution in [0.5, 0.6) is 0 Å². The average molecular weight is 197 g/mol. The molecule has 1 aromatic rings. The number of hydrogen-bond acceptors (Lipinski definition) is 1. The molecule has 0 aliphatic rings. The molecule has 0 aliphatic heterocycles. The molecule has 66 valence electrons. The van der Waals surface area contributed by atoms with Crippen LogP contribution in [0.25, 0.3) is 0 Å². The topological polar surface area (TPSA) is 15.8 Å². The monoisotopic (exact) mass is 197 g/mol. The van der Waals surface area contributed by atoms with Gasteiger partial charge in [0.25, 0.3) is 0 Å². The second-order valence-corrected chi connectivity index (χ2v) is 2.50. The van der Waals surface area contributed by atoms with Crippen LogP contribution in [0.3, 0.4) is 0 Å². The van der Waals surface area contributed by atoms with Crippen LogP contribution in [0, 0.1) is 10.3 Å². The van der Waals surface area contributed by atoms with Gasteiger partial charge in [0.15, 0.2) is 5.82 Å². The summed E-state index contributed by atoms with van der Waals surface area (Å²) >= 11 is 4.31. The van der Waals surface area contributed by atoms with Crippen LogP contribution in [-0.2, 0) is 6.18 Å². The number of H-pyrrole nitrogens is 1. The first-order valence-corrected chi connectivity index (χ1v) is 3.27. The molecule has 0 radical (unpaired) electrons. The van der Waals surface area contributed by atoms with E-state index < -0.39 is 22.2 Å². The zero-order valence-corrected chi connectivity index (χ0v) is 6.39. The number of hydrogen-bond donors (Lipinski definition) is 1. The SMILES string of the molecule is Fc1c[nH]c(C(F)(F)F)cc1=S. The standard InChI is InChI=1S/C6H3F4NS/c7-3-2-11-5(1-4(3)12)6(8,9)10/h1-2H,(H,11,12). The smallest absolute Gasteiger partial charge is 0.355 e. The Bertz CT molecular complexity index is 340. The minimum atomic E-state index is -4.51. The van der Waals surface area contributed by atoms with E-state index in [1.807, 2.05) is 0 Å². The first-order chi connectivity index (χ1) is 5.41. The highest BCUT2D eigenvalue weighted by Crippen LogP contribution is 2.27. The Balaban J connectivity index is 3.23. The number of rotatable bonds is 0.